The fraction of sp³-hybridized carbons (Fsp3) is 0.824. The van der Waals surface area contributed by atoms with Gasteiger partial charge in [0.2, 0.25) is 0 Å². The number of halogens is 3. The number of carbonyl (C=O) groups excluding carboxylic acids is 1. The van der Waals surface area contributed by atoms with Crippen LogP contribution in [0, 0.1) is 11.8 Å². The Hall–Kier alpha value is -1.08. The van der Waals surface area contributed by atoms with E-state index in [1.165, 1.54) is 0 Å². The van der Waals surface area contributed by atoms with Gasteiger partial charge in [-0.3, -0.25) is 0 Å². The Bertz CT molecular complexity index is 420. The van der Waals surface area contributed by atoms with Crippen molar-refractivity contribution >= 4 is 5.97 Å². The lowest BCUT2D eigenvalue weighted by atomic mass is 9.87. The lowest BCUT2D eigenvalue weighted by Crippen LogP contribution is -2.32. The molecule has 1 saturated carbocycles. The summed E-state index contributed by atoms with van der Waals surface area (Å²) in [5.41, 5.74) is 0. The second-order valence-electron chi connectivity index (χ2n) is 6.51. The van der Waals surface area contributed by atoms with Gasteiger partial charge in [0.25, 0.3) is 0 Å². The molecule has 0 spiro atoms. The van der Waals surface area contributed by atoms with Crippen LogP contribution in [0.3, 0.4) is 0 Å². The molecule has 0 amide bonds. The first-order valence-electron chi connectivity index (χ1n) is 8.57. The highest BCUT2D eigenvalue weighted by Gasteiger charge is 2.42. The van der Waals surface area contributed by atoms with E-state index in [-0.39, 0.29) is 12.2 Å². The molecule has 2 fully saturated rings. The summed E-state index contributed by atoms with van der Waals surface area (Å²) in [4.78, 5) is 10.8. The lowest BCUT2D eigenvalue weighted by Gasteiger charge is -2.29. The molecule has 2 aliphatic rings. The quantitative estimate of drug-likeness (QED) is 0.555. The molecule has 2 rings (SSSR count). The minimum absolute atomic E-state index is 0.256. The van der Waals surface area contributed by atoms with Gasteiger partial charge in [-0.15, -0.1) is 0 Å². The third-order valence-corrected chi connectivity index (χ3v) is 4.45. The van der Waals surface area contributed by atoms with Gasteiger partial charge < -0.3 is 14.2 Å². The van der Waals surface area contributed by atoms with Crippen molar-refractivity contribution in [3.63, 3.8) is 0 Å². The van der Waals surface area contributed by atoms with Gasteiger partial charge in [0.15, 0.2) is 6.29 Å². The Morgan fingerprint density at radius 1 is 1.12 bits per heavy atom. The van der Waals surface area contributed by atoms with E-state index < -0.39 is 18.2 Å². The molecule has 0 aromatic rings. The Morgan fingerprint density at radius 2 is 1.75 bits per heavy atom. The molecule has 0 radical (unpaired) electrons. The summed E-state index contributed by atoms with van der Waals surface area (Å²) in [6.45, 7) is 3.53. The van der Waals surface area contributed by atoms with E-state index in [0.29, 0.717) is 44.8 Å². The summed E-state index contributed by atoms with van der Waals surface area (Å²) in [5, 5.41) is 0. The standard InChI is InChI=1S/C17H25F3O4/c1-2-3-13-10-22-15(23-11-13)9-6-12-4-7-14(8-5-12)24-16(21)17(18,19)20/h6,9,12-15H,2-5,7-8,10-11H2,1H3. The van der Waals surface area contributed by atoms with Gasteiger partial charge in [0.05, 0.1) is 13.2 Å². The van der Waals surface area contributed by atoms with Crippen molar-refractivity contribution in [2.45, 2.75) is 64.0 Å². The third kappa shape index (κ3) is 6.09. The molecule has 1 saturated heterocycles. The summed E-state index contributed by atoms with van der Waals surface area (Å²) in [6.07, 6.45) is 2.49. The van der Waals surface area contributed by atoms with Gasteiger partial charge in [-0.2, -0.15) is 13.2 Å². The van der Waals surface area contributed by atoms with Gasteiger partial charge in [-0.1, -0.05) is 19.4 Å². The first-order valence-corrected chi connectivity index (χ1v) is 8.57. The molecule has 7 heteroatoms. The highest BCUT2D eigenvalue weighted by molar-refractivity contribution is 5.75. The average molecular weight is 350 g/mol. The third-order valence-electron chi connectivity index (χ3n) is 4.45. The highest BCUT2D eigenvalue weighted by atomic mass is 19.4. The summed E-state index contributed by atoms with van der Waals surface area (Å²) in [7, 11) is 0. The molecule has 0 aromatic heterocycles. The fourth-order valence-electron chi connectivity index (χ4n) is 3.11. The van der Waals surface area contributed by atoms with Gasteiger partial charge >= 0.3 is 12.1 Å². The van der Waals surface area contributed by atoms with Crippen LogP contribution in [0.5, 0.6) is 0 Å². The van der Waals surface area contributed by atoms with E-state index >= 15 is 0 Å². The van der Waals surface area contributed by atoms with Crippen LogP contribution in [0.25, 0.3) is 0 Å². The van der Waals surface area contributed by atoms with Crippen LogP contribution < -0.4 is 0 Å². The van der Waals surface area contributed by atoms with E-state index in [2.05, 4.69) is 11.7 Å². The Morgan fingerprint density at radius 3 is 2.29 bits per heavy atom. The monoisotopic (exact) mass is 350 g/mol. The van der Waals surface area contributed by atoms with Crippen LogP contribution in [-0.4, -0.2) is 37.8 Å². The van der Waals surface area contributed by atoms with Crippen molar-refractivity contribution < 1.29 is 32.2 Å². The molecule has 1 aliphatic heterocycles. The zero-order valence-corrected chi connectivity index (χ0v) is 13.9. The summed E-state index contributed by atoms with van der Waals surface area (Å²) < 4.78 is 52.3. The predicted octanol–water partition coefficient (Wildman–Crippen LogP) is 4.00. The second-order valence-corrected chi connectivity index (χ2v) is 6.51. The zero-order chi connectivity index (χ0) is 17.6. The number of rotatable bonds is 5. The number of ether oxygens (including phenoxy) is 3. The SMILES string of the molecule is CCCC1COC(C=CC2CCC(OC(=O)C(F)(F)F)CC2)OC1. The minimum Gasteiger partial charge on any atom is -0.456 e. The summed E-state index contributed by atoms with van der Waals surface area (Å²) >= 11 is 0. The Kier molecular flexibility index (Phi) is 7.10. The first kappa shape index (κ1) is 19.2. The average Bonchev–Trinajstić information content (AvgIpc) is 2.55. The van der Waals surface area contributed by atoms with Gasteiger partial charge in [0.1, 0.15) is 6.10 Å². The first-order chi connectivity index (χ1) is 11.4. The second kappa shape index (κ2) is 8.85. The van der Waals surface area contributed by atoms with E-state index in [9.17, 15) is 18.0 Å². The maximum atomic E-state index is 12.2. The molecule has 0 unspecified atom stereocenters. The molecule has 0 N–H and O–H groups in total. The molecule has 1 heterocycles. The largest absolute Gasteiger partial charge is 0.490 e. The number of esters is 1. The molecule has 1 aliphatic carbocycles. The number of allylic oxidation sites excluding steroid dienone is 1. The highest BCUT2D eigenvalue weighted by Crippen LogP contribution is 2.29. The number of carbonyl (C=O) groups is 1. The number of hydrogen-bond acceptors (Lipinski definition) is 4. The molecule has 0 bridgehead atoms. The number of alkyl halides is 3. The number of hydrogen-bond donors (Lipinski definition) is 0. The van der Waals surface area contributed by atoms with Crippen LogP contribution in [0.1, 0.15) is 45.4 Å². The van der Waals surface area contributed by atoms with Crippen molar-refractivity contribution in [2.75, 3.05) is 13.2 Å². The molecule has 0 atom stereocenters. The van der Waals surface area contributed by atoms with Gasteiger partial charge in [0, 0.05) is 5.92 Å². The summed E-state index contributed by atoms with van der Waals surface area (Å²) in [6, 6.07) is 0. The van der Waals surface area contributed by atoms with Crippen molar-refractivity contribution in [1.82, 2.24) is 0 Å². The van der Waals surface area contributed by atoms with Gasteiger partial charge in [-0.25, -0.2) is 4.79 Å². The fourth-order valence-corrected chi connectivity index (χ4v) is 3.11. The summed E-state index contributed by atoms with van der Waals surface area (Å²) in [5.74, 6) is -1.38. The van der Waals surface area contributed by atoms with Gasteiger partial charge in [-0.05, 0) is 44.1 Å². The van der Waals surface area contributed by atoms with Crippen LogP contribution in [0.2, 0.25) is 0 Å². The van der Waals surface area contributed by atoms with Crippen LogP contribution in [0.15, 0.2) is 12.2 Å². The van der Waals surface area contributed by atoms with Crippen molar-refractivity contribution in [2.24, 2.45) is 11.8 Å². The van der Waals surface area contributed by atoms with E-state index in [0.717, 1.165) is 12.8 Å². The van der Waals surface area contributed by atoms with E-state index in [4.69, 9.17) is 9.47 Å². The maximum absolute atomic E-state index is 12.2. The topological polar surface area (TPSA) is 44.8 Å². The molecule has 138 valence electrons. The zero-order valence-electron chi connectivity index (χ0n) is 13.9. The lowest BCUT2D eigenvalue weighted by molar-refractivity contribution is -0.206. The Labute approximate surface area is 140 Å². The maximum Gasteiger partial charge on any atom is 0.490 e. The normalized spacial score (nSPS) is 32.0. The van der Waals surface area contributed by atoms with E-state index in [1.54, 1.807) is 0 Å². The molecule has 24 heavy (non-hydrogen) atoms. The molecule has 0 aromatic carbocycles. The van der Waals surface area contributed by atoms with Crippen molar-refractivity contribution in [1.29, 1.82) is 0 Å². The van der Waals surface area contributed by atoms with Crippen molar-refractivity contribution in [3.8, 4) is 0 Å². The van der Waals surface area contributed by atoms with Crippen LogP contribution in [-0.2, 0) is 19.0 Å². The van der Waals surface area contributed by atoms with Crippen LogP contribution in [0.4, 0.5) is 13.2 Å². The smallest absolute Gasteiger partial charge is 0.456 e. The Balaban J connectivity index is 1.67. The molecule has 4 nitrogen and oxygen atoms in total. The minimum atomic E-state index is -4.91. The molecular weight excluding hydrogens is 325 g/mol. The molecular formula is C17H25F3O4. The van der Waals surface area contributed by atoms with Crippen molar-refractivity contribution in [3.05, 3.63) is 12.2 Å². The predicted molar refractivity (Wildman–Crippen MR) is 81.1 cm³/mol. The van der Waals surface area contributed by atoms with E-state index in [1.807, 2.05) is 12.2 Å². The van der Waals surface area contributed by atoms with Crippen LogP contribution >= 0.6 is 0 Å².